The van der Waals surface area contributed by atoms with E-state index in [-0.39, 0.29) is 5.91 Å². The minimum absolute atomic E-state index is 0.267. The maximum Gasteiger partial charge on any atom is 0.271 e. The zero-order valence-electron chi connectivity index (χ0n) is 16.8. The van der Waals surface area contributed by atoms with Crippen LogP contribution in [0.1, 0.15) is 42.6 Å². The quantitative estimate of drug-likeness (QED) is 0.509. The van der Waals surface area contributed by atoms with Gasteiger partial charge in [-0.3, -0.25) is 4.79 Å². The average molecular weight is 416 g/mol. The summed E-state index contributed by atoms with van der Waals surface area (Å²) in [5, 5.41) is 4.48. The van der Waals surface area contributed by atoms with Gasteiger partial charge in [-0.25, -0.2) is 5.43 Å². The maximum absolute atomic E-state index is 12.3. The molecular weight excluding hydrogens is 390 g/mol. The number of carbonyl (C=O) groups excluding carboxylic acids is 1. The highest BCUT2D eigenvalue weighted by Crippen LogP contribution is 2.36. The van der Waals surface area contributed by atoms with Crippen LogP contribution in [0.3, 0.4) is 0 Å². The molecule has 0 radical (unpaired) electrons. The van der Waals surface area contributed by atoms with Crippen molar-refractivity contribution in [3.8, 4) is 11.5 Å². The van der Waals surface area contributed by atoms with E-state index < -0.39 is 0 Å². The van der Waals surface area contributed by atoms with E-state index in [1.165, 1.54) is 19.1 Å². The van der Waals surface area contributed by atoms with Gasteiger partial charge < -0.3 is 14.4 Å². The Morgan fingerprint density at radius 3 is 2.48 bits per heavy atom. The lowest BCUT2D eigenvalue weighted by Gasteiger charge is -2.17. The van der Waals surface area contributed by atoms with Gasteiger partial charge in [0.15, 0.2) is 11.5 Å². The van der Waals surface area contributed by atoms with E-state index in [4.69, 9.17) is 21.1 Å². The van der Waals surface area contributed by atoms with Gasteiger partial charge in [0.25, 0.3) is 5.91 Å². The molecule has 0 aromatic heterocycles. The van der Waals surface area contributed by atoms with Gasteiger partial charge in [-0.05, 0) is 68.7 Å². The largest absolute Gasteiger partial charge is 0.490 e. The molecule has 1 aliphatic heterocycles. The van der Waals surface area contributed by atoms with E-state index in [1.54, 1.807) is 12.1 Å². The van der Waals surface area contributed by atoms with Crippen molar-refractivity contribution < 1.29 is 14.3 Å². The second-order valence-corrected chi connectivity index (χ2v) is 7.04. The molecular formula is C22H26ClN3O3. The molecule has 0 atom stereocenters. The number of nitrogens with zero attached hydrogens (tertiary/aromatic N) is 2. The first-order valence-corrected chi connectivity index (χ1v) is 10.3. The number of carbonyl (C=O) groups is 1. The van der Waals surface area contributed by atoms with E-state index in [1.807, 2.05) is 38.1 Å². The normalized spacial score (nSPS) is 13.7. The predicted octanol–water partition coefficient (Wildman–Crippen LogP) is 4.50. The number of ether oxygens (including phenoxy) is 2. The number of amides is 1. The molecule has 3 rings (SSSR count). The van der Waals surface area contributed by atoms with Gasteiger partial charge in [0.05, 0.1) is 24.5 Å². The zero-order valence-corrected chi connectivity index (χ0v) is 17.5. The zero-order chi connectivity index (χ0) is 20.6. The Morgan fingerprint density at radius 2 is 1.83 bits per heavy atom. The molecule has 7 heteroatoms. The minimum Gasteiger partial charge on any atom is -0.490 e. The number of halogens is 1. The molecule has 2 aromatic rings. The second-order valence-electron chi connectivity index (χ2n) is 6.64. The van der Waals surface area contributed by atoms with Crippen LogP contribution in [-0.4, -0.2) is 38.4 Å². The molecule has 154 valence electrons. The van der Waals surface area contributed by atoms with Crippen molar-refractivity contribution in [2.75, 3.05) is 31.2 Å². The fourth-order valence-electron chi connectivity index (χ4n) is 3.24. The number of hydrazone groups is 1. The Kier molecular flexibility index (Phi) is 7.36. The fraction of sp³-hybridized carbons (Fsp3) is 0.364. The fourth-order valence-corrected chi connectivity index (χ4v) is 3.51. The molecule has 1 saturated heterocycles. The number of anilines is 1. The van der Waals surface area contributed by atoms with Crippen LogP contribution in [0.4, 0.5) is 5.69 Å². The minimum atomic E-state index is -0.267. The molecule has 29 heavy (non-hydrogen) atoms. The number of hydrogen-bond donors (Lipinski definition) is 1. The third-order valence-electron chi connectivity index (χ3n) is 4.60. The summed E-state index contributed by atoms with van der Waals surface area (Å²) in [5.74, 6) is 0.790. The van der Waals surface area contributed by atoms with Gasteiger partial charge in [-0.2, -0.15) is 5.10 Å². The lowest BCUT2D eigenvalue weighted by atomic mass is 10.2. The SMILES string of the molecule is CCOc1cc(/C=N\NC(=O)c2ccc(N3CCCC3)cc2)cc(Cl)c1OCC. The Bertz CT molecular complexity index is 862. The second kappa shape index (κ2) is 10.2. The highest BCUT2D eigenvalue weighted by Gasteiger charge is 2.13. The van der Waals surface area contributed by atoms with Crippen molar-refractivity contribution in [2.24, 2.45) is 5.10 Å². The monoisotopic (exact) mass is 415 g/mol. The third-order valence-corrected chi connectivity index (χ3v) is 4.88. The first-order chi connectivity index (χ1) is 14.1. The van der Waals surface area contributed by atoms with Crippen molar-refractivity contribution in [1.82, 2.24) is 5.43 Å². The van der Waals surface area contributed by atoms with E-state index in [0.29, 0.717) is 40.9 Å². The van der Waals surface area contributed by atoms with Gasteiger partial charge in [-0.1, -0.05) is 11.6 Å². The first-order valence-electron chi connectivity index (χ1n) is 9.90. The van der Waals surface area contributed by atoms with Crippen molar-refractivity contribution in [3.05, 3.63) is 52.5 Å². The van der Waals surface area contributed by atoms with Gasteiger partial charge in [0.1, 0.15) is 0 Å². The van der Waals surface area contributed by atoms with E-state index in [0.717, 1.165) is 18.8 Å². The van der Waals surface area contributed by atoms with Crippen LogP contribution in [0.15, 0.2) is 41.5 Å². The number of nitrogens with one attached hydrogen (secondary N) is 1. The maximum atomic E-state index is 12.3. The van der Waals surface area contributed by atoms with Gasteiger partial charge in [-0.15, -0.1) is 0 Å². The van der Waals surface area contributed by atoms with Crippen LogP contribution >= 0.6 is 11.6 Å². The lowest BCUT2D eigenvalue weighted by Crippen LogP contribution is -2.19. The van der Waals surface area contributed by atoms with Crippen molar-refractivity contribution in [3.63, 3.8) is 0 Å². The number of rotatable bonds is 8. The Hall–Kier alpha value is -2.73. The number of benzene rings is 2. The molecule has 1 heterocycles. The third kappa shape index (κ3) is 5.41. The van der Waals surface area contributed by atoms with Crippen LogP contribution in [0.2, 0.25) is 5.02 Å². The first kappa shape index (κ1) is 21.0. The van der Waals surface area contributed by atoms with E-state index >= 15 is 0 Å². The Labute approximate surface area is 176 Å². The van der Waals surface area contributed by atoms with Crippen LogP contribution < -0.4 is 19.8 Å². The highest BCUT2D eigenvalue weighted by molar-refractivity contribution is 6.32. The summed E-state index contributed by atoms with van der Waals surface area (Å²) in [7, 11) is 0. The Morgan fingerprint density at radius 1 is 1.14 bits per heavy atom. The summed E-state index contributed by atoms with van der Waals surface area (Å²) in [6.07, 6.45) is 3.97. The molecule has 1 amide bonds. The highest BCUT2D eigenvalue weighted by atomic mass is 35.5. The molecule has 0 unspecified atom stereocenters. The summed E-state index contributed by atoms with van der Waals surface area (Å²) < 4.78 is 11.1. The molecule has 1 fully saturated rings. The number of hydrogen-bond acceptors (Lipinski definition) is 5. The molecule has 0 saturated carbocycles. The van der Waals surface area contributed by atoms with Gasteiger partial charge in [0, 0.05) is 24.3 Å². The van der Waals surface area contributed by atoms with E-state index in [9.17, 15) is 4.79 Å². The summed E-state index contributed by atoms with van der Waals surface area (Å²) in [4.78, 5) is 14.7. The molecule has 0 spiro atoms. The van der Waals surface area contributed by atoms with Crippen molar-refractivity contribution >= 4 is 29.4 Å². The van der Waals surface area contributed by atoms with Gasteiger partial charge >= 0.3 is 0 Å². The molecule has 2 aromatic carbocycles. The molecule has 6 nitrogen and oxygen atoms in total. The van der Waals surface area contributed by atoms with Crippen LogP contribution in [0.5, 0.6) is 11.5 Å². The standard InChI is InChI=1S/C22H26ClN3O3/c1-3-28-20-14-16(13-19(23)21(20)29-4-2)15-24-25-22(27)17-7-9-18(10-8-17)26-11-5-6-12-26/h7-10,13-15H,3-6,11-12H2,1-2H3,(H,25,27)/b24-15-. The summed E-state index contributed by atoms with van der Waals surface area (Å²) in [6, 6.07) is 11.1. The van der Waals surface area contributed by atoms with E-state index in [2.05, 4.69) is 15.4 Å². The van der Waals surface area contributed by atoms with Crippen molar-refractivity contribution in [2.45, 2.75) is 26.7 Å². The van der Waals surface area contributed by atoms with Crippen LogP contribution in [0.25, 0.3) is 0 Å². The molecule has 1 aliphatic rings. The summed E-state index contributed by atoms with van der Waals surface area (Å²) in [6.45, 7) is 6.89. The average Bonchev–Trinajstić information content (AvgIpc) is 3.26. The lowest BCUT2D eigenvalue weighted by molar-refractivity contribution is 0.0955. The summed E-state index contributed by atoms with van der Waals surface area (Å²) >= 11 is 6.30. The van der Waals surface area contributed by atoms with Gasteiger partial charge in [0.2, 0.25) is 0 Å². The molecule has 1 N–H and O–H groups in total. The van der Waals surface area contributed by atoms with Crippen molar-refractivity contribution in [1.29, 1.82) is 0 Å². The molecule has 0 bridgehead atoms. The molecule has 0 aliphatic carbocycles. The topological polar surface area (TPSA) is 63.2 Å². The van der Waals surface area contributed by atoms with Crippen LogP contribution in [-0.2, 0) is 0 Å². The summed E-state index contributed by atoms with van der Waals surface area (Å²) in [5.41, 5.74) is 4.96. The van der Waals surface area contributed by atoms with Crippen LogP contribution in [0, 0.1) is 0 Å². The Balaban J connectivity index is 1.65. The smallest absolute Gasteiger partial charge is 0.271 e. The predicted molar refractivity (Wildman–Crippen MR) is 117 cm³/mol.